The Hall–Kier alpha value is -6.03. The first kappa shape index (κ1) is 37.9. The van der Waals surface area contributed by atoms with E-state index < -0.39 is 30.5 Å². The van der Waals surface area contributed by atoms with Gasteiger partial charge in [-0.15, -0.1) is 0 Å². The Morgan fingerprint density at radius 3 is 2.37 bits per heavy atom. The minimum Gasteiger partial charge on any atom is -0.473 e. The fraction of sp³-hybridized carbons (Fsp3) is 0.273. The van der Waals surface area contributed by atoms with Gasteiger partial charge in [0.2, 0.25) is 5.92 Å². The van der Waals surface area contributed by atoms with Crippen LogP contribution in [0.4, 0.5) is 20.3 Å². The molecule has 2 fully saturated rings. The maximum atomic E-state index is 16.0. The number of pyridine rings is 1. The molecule has 4 atom stereocenters. The summed E-state index contributed by atoms with van der Waals surface area (Å²) in [6.45, 7) is 0. The summed E-state index contributed by atoms with van der Waals surface area (Å²) in [6, 6.07) is 34.6. The second-order valence-corrected chi connectivity index (χ2v) is 14.7. The summed E-state index contributed by atoms with van der Waals surface area (Å²) >= 11 is 7.10. The minimum atomic E-state index is -2.76. The fourth-order valence-corrected chi connectivity index (χ4v) is 8.11. The Labute approximate surface area is 334 Å². The zero-order chi connectivity index (χ0) is 39.4. The highest BCUT2D eigenvalue weighted by Gasteiger charge is 2.47. The van der Waals surface area contributed by atoms with Crippen LogP contribution in [-0.2, 0) is 4.79 Å². The van der Waals surface area contributed by atoms with Crippen molar-refractivity contribution in [2.75, 3.05) is 9.80 Å². The van der Waals surface area contributed by atoms with Crippen LogP contribution in [0.3, 0.4) is 0 Å². The van der Waals surface area contributed by atoms with Gasteiger partial charge in [-0.1, -0.05) is 72.3 Å². The number of nitriles is 1. The van der Waals surface area contributed by atoms with Crippen molar-refractivity contribution < 1.29 is 23.0 Å². The molecule has 13 heteroatoms. The van der Waals surface area contributed by atoms with Crippen molar-refractivity contribution in [3.8, 4) is 17.6 Å². The number of hydrogen-bond donors (Lipinski definition) is 2. The van der Waals surface area contributed by atoms with Crippen LogP contribution in [0.15, 0.2) is 128 Å². The van der Waals surface area contributed by atoms with E-state index in [-0.39, 0.29) is 37.6 Å². The summed E-state index contributed by atoms with van der Waals surface area (Å²) in [7, 11) is 0. The van der Waals surface area contributed by atoms with E-state index in [1.807, 2.05) is 102 Å². The van der Waals surface area contributed by atoms with E-state index in [2.05, 4.69) is 26.3 Å². The molecule has 1 saturated heterocycles. The first-order chi connectivity index (χ1) is 27.8. The number of anilines is 2. The van der Waals surface area contributed by atoms with Crippen molar-refractivity contribution in [3.63, 3.8) is 0 Å². The molecule has 1 amide bonds. The van der Waals surface area contributed by atoms with Gasteiger partial charge in [-0.05, 0) is 79.4 Å². The summed E-state index contributed by atoms with van der Waals surface area (Å²) < 4.78 is 42.4. The summed E-state index contributed by atoms with van der Waals surface area (Å²) in [4.78, 5) is 32.0. The Kier molecular flexibility index (Phi) is 11.0. The molecule has 0 radical (unpaired) electrons. The standard InChI is InChI=1S/C44H40ClF2N7O3/c45-34-15-8-7-14-33(34)41(42(57-32-12-5-2-6-13-32)52-30-20-23-44(46,47)24-21-30)54(36-17-9-16-35-40(36)51-28-50-35)43(55)37-18-19-39(56-31-10-3-1-4-11-31)53(37)38-26-29(27-48)22-25-49-38/h1-17,22,25-26,28,30,37,39,41-42,52H,18-21,23-24H2,(H,50,51)/t37-,39?,41?,42?/m0/s1. The number of amides is 1. The lowest BCUT2D eigenvalue weighted by Gasteiger charge is -2.42. The molecule has 1 aliphatic carbocycles. The van der Waals surface area contributed by atoms with Gasteiger partial charge < -0.3 is 19.4 Å². The Morgan fingerprint density at radius 2 is 1.63 bits per heavy atom. The van der Waals surface area contributed by atoms with Gasteiger partial charge in [-0.2, -0.15) is 5.26 Å². The Morgan fingerprint density at radius 1 is 0.912 bits per heavy atom. The molecular formula is C44H40ClF2N7O3. The lowest BCUT2D eigenvalue weighted by Crippen LogP contribution is -2.57. The number of aromatic nitrogens is 3. The molecule has 3 heterocycles. The van der Waals surface area contributed by atoms with E-state index in [1.165, 1.54) is 0 Å². The van der Waals surface area contributed by atoms with Crippen LogP contribution in [0, 0.1) is 11.3 Å². The average Bonchev–Trinajstić information content (AvgIpc) is 3.89. The largest absolute Gasteiger partial charge is 0.473 e. The van der Waals surface area contributed by atoms with Gasteiger partial charge >= 0.3 is 0 Å². The van der Waals surface area contributed by atoms with Gasteiger partial charge in [0.1, 0.15) is 34.9 Å². The molecule has 1 saturated carbocycles. The lowest BCUT2D eigenvalue weighted by atomic mass is 9.91. The summed E-state index contributed by atoms with van der Waals surface area (Å²) in [6.07, 6.45) is 2.19. The number of nitrogens with one attached hydrogen (secondary N) is 2. The number of imidazole rings is 1. The SMILES string of the molecule is N#Cc1ccnc(N2C(Oc3ccccc3)CC[C@H]2C(=O)N(c2cccc3[nH]cnc23)C(c2ccccc2Cl)C(NC2CCC(F)(F)CC2)Oc2ccccc2)c1. The molecule has 8 rings (SSSR count). The Balaban J connectivity index is 1.30. The third-order valence-electron chi connectivity index (χ3n) is 10.6. The predicted octanol–water partition coefficient (Wildman–Crippen LogP) is 9.20. The van der Waals surface area contributed by atoms with Gasteiger partial charge in [0.05, 0.1) is 29.2 Å². The van der Waals surface area contributed by atoms with Crippen LogP contribution in [0.5, 0.6) is 11.5 Å². The first-order valence-corrected chi connectivity index (χ1v) is 19.4. The zero-order valence-corrected chi connectivity index (χ0v) is 31.6. The monoisotopic (exact) mass is 787 g/mol. The fourth-order valence-electron chi connectivity index (χ4n) is 7.87. The summed E-state index contributed by atoms with van der Waals surface area (Å²) in [5, 5.41) is 13.8. The quantitative estimate of drug-likeness (QED) is 0.118. The molecule has 0 bridgehead atoms. The normalized spacial score (nSPS) is 19.1. The number of H-pyrrole nitrogens is 1. The topological polar surface area (TPSA) is 119 Å². The molecule has 10 nitrogen and oxygen atoms in total. The van der Waals surface area contributed by atoms with Crippen molar-refractivity contribution >= 4 is 40.0 Å². The maximum absolute atomic E-state index is 16.0. The van der Waals surface area contributed by atoms with Gasteiger partial charge in [0.25, 0.3) is 5.91 Å². The van der Waals surface area contributed by atoms with Crippen LogP contribution in [0.1, 0.15) is 55.7 Å². The number of fused-ring (bicyclic) bond motifs is 1. The number of carbonyl (C=O) groups is 1. The number of alkyl halides is 2. The summed E-state index contributed by atoms with van der Waals surface area (Å²) in [5.41, 5.74) is 2.66. The smallest absolute Gasteiger partial charge is 0.250 e. The molecule has 0 spiro atoms. The van der Waals surface area contributed by atoms with E-state index in [1.54, 1.807) is 35.6 Å². The number of benzene rings is 4. The molecule has 3 unspecified atom stereocenters. The van der Waals surface area contributed by atoms with Crippen molar-refractivity contribution in [2.24, 2.45) is 0 Å². The van der Waals surface area contributed by atoms with Crippen molar-refractivity contribution in [2.45, 2.75) is 75.0 Å². The van der Waals surface area contributed by atoms with E-state index in [0.717, 1.165) is 0 Å². The predicted molar refractivity (Wildman–Crippen MR) is 214 cm³/mol. The van der Waals surface area contributed by atoms with E-state index in [4.69, 9.17) is 21.1 Å². The maximum Gasteiger partial charge on any atom is 0.250 e. The van der Waals surface area contributed by atoms with Gasteiger partial charge in [0, 0.05) is 36.5 Å². The van der Waals surface area contributed by atoms with E-state index >= 15 is 4.79 Å². The number of halogens is 3. The zero-order valence-electron chi connectivity index (χ0n) is 30.8. The van der Waals surface area contributed by atoms with Crippen LogP contribution < -0.4 is 24.6 Å². The van der Waals surface area contributed by atoms with E-state index in [9.17, 15) is 14.0 Å². The van der Waals surface area contributed by atoms with Crippen molar-refractivity contribution in [1.82, 2.24) is 20.3 Å². The highest BCUT2D eigenvalue weighted by atomic mass is 35.5. The summed E-state index contributed by atoms with van der Waals surface area (Å²) in [5.74, 6) is -1.57. The van der Waals surface area contributed by atoms with Crippen LogP contribution in [-0.4, -0.2) is 51.3 Å². The molecule has 1 aliphatic heterocycles. The molecule has 57 heavy (non-hydrogen) atoms. The van der Waals surface area contributed by atoms with Crippen LogP contribution >= 0.6 is 11.6 Å². The molecule has 2 aliphatic rings. The third kappa shape index (κ3) is 8.26. The lowest BCUT2D eigenvalue weighted by molar-refractivity contribution is -0.121. The molecule has 2 aromatic heterocycles. The Bertz CT molecular complexity index is 2350. The second kappa shape index (κ2) is 16.6. The number of ether oxygens (including phenoxy) is 2. The molecule has 2 N–H and O–H groups in total. The molecule has 4 aromatic carbocycles. The van der Waals surface area contributed by atoms with Crippen molar-refractivity contribution in [3.05, 3.63) is 144 Å². The first-order valence-electron chi connectivity index (χ1n) is 19.0. The third-order valence-corrected chi connectivity index (χ3v) is 11.0. The number of para-hydroxylation sites is 3. The minimum absolute atomic E-state index is 0.204. The number of rotatable bonds is 12. The number of hydrogen-bond acceptors (Lipinski definition) is 8. The van der Waals surface area contributed by atoms with E-state index in [0.29, 0.717) is 63.0 Å². The number of nitrogens with zero attached hydrogens (tertiary/aromatic N) is 5. The molecule has 290 valence electrons. The molecule has 6 aromatic rings. The second-order valence-electron chi connectivity index (χ2n) is 14.3. The highest BCUT2D eigenvalue weighted by Crippen LogP contribution is 2.42. The average molecular weight is 788 g/mol. The van der Waals surface area contributed by atoms with Crippen LogP contribution in [0.2, 0.25) is 5.02 Å². The highest BCUT2D eigenvalue weighted by molar-refractivity contribution is 6.31. The van der Waals surface area contributed by atoms with Gasteiger partial charge in [-0.25, -0.2) is 18.7 Å². The van der Waals surface area contributed by atoms with Gasteiger partial charge in [-0.3, -0.25) is 15.0 Å². The van der Waals surface area contributed by atoms with Crippen LogP contribution in [0.25, 0.3) is 11.0 Å². The number of aromatic amines is 1. The molecular weight excluding hydrogens is 748 g/mol. The van der Waals surface area contributed by atoms with Crippen molar-refractivity contribution in [1.29, 1.82) is 5.26 Å². The number of carbonyl (C=O) groups excluding carboxylic acids is 1. The van der Waals surface area contributed by atoms with Gasteiger partial charge in [0.15, 0.2) is 12.5 Å².